The van der Waals surface area contributed by atoms with E-state index in [9.17, 15) is 24.8 Å². The van der Waals surface area contributed by atoms with Crippen molar-refractivity contribution >= 4 is 34.0 Å². The molecule has 29 heavy (non-hydrogen) atoms. The summed E-state index contributed by atoms with van der Waals surface area (Å²) in [5, 5.41) is 25.0. The van der Waals surface area contributed by atoms with Gasteiger partial charge >= 0.3 is 5.97 Å². The average Bonchev–Trinajstić information content (AvgIpc) is 2.71. The van der Waals surface area contributed by atoms with Crippen LogP contribution in [0.25, 0.3) is 10.8 Å². The fourth-order valence-corrected chi connectivity index (χ4v) is 2.68. The fraction of sp³-hybridized carbons (Fsp3) is 0.100. The lowest BCUT2D eigenvalue weighted by molar-refractivity contribution is -0.384. The molecule has 0 aliphatic heterocycles. The van der Waals surface area contributed by atoms with E-state index in [0.29, 0.717) is 0 Å². The number of carbonyl (C=O) groups is 2. The summed E-state index contributed by atoms with van der Waals surface area (Å²) in [7, 11) is 1.36. The third kappa shape index (κ3) is 4.41. The molecule has 0 unspecified atom stereocenters. The molecular weight excluding hydrogens is 380 g/mol. The molecule has 0 bridgehead atoms. The van der Waals surface area contributed by atoms with E-state index in [1.807, 2.05) is 0 Å². The first kappa shape index (κ1) is 19.6. The molecular formula is C20H16N2O7. The summed E-state index contributed by atoms with van der Waals surface area (Å²) in [6.45, 7) is -0.686. The SMILES string of the molecule is COc1ccc(NC(=O)COC(=O)c2cc3ccccc3cc2O)c([N+](=O)[O-])c1. The number of anilines is 1. The highest BCUT2D eigenvalue weighted by Gasteiger charge is 2.19. The lowest BCUT2D eigenvalue weighted by atomic mass is 10.1. The van der Waals surface area contributed by atoms with Gasteiger partial charge in [0.05, 0.1) is 18.1 Å². The van der Waals surface area contributed by atoms with Crippen molar-refractivity contribution in [3.63, 3.8) is 0 Å². The summed E-state index contributed by atoms with van der Waals surface area (Å²) in [4.78, 5) is 34.8. The van der Waals surface area contributed by atoms with Crippen LogP contribution in [0.4, 0.5) is 11.4 Å². The molecule has 3 aromatic rings. The molecule has 3 aromatic carbocycles. The first-order chi connectivity index (χ1) is 13.9. The van der Waals surface area contributed by atoms with Crippen LogP contribution in [0.2, 0.25) is 0 Å². The summed E-state index contributed by atoms with van der Waals surface area (Å²) in [5.41, 5.74) is -0.520. The number of rotatable bonds is 6. The van der Waals surface area contributed by atoms with Crippen LogP contribution in [0.1, 0.15) is 10.4 Å². The largest absolute Gasteiger partial charge is 0.507 e. The molecule has 0 heterocycles. The van der Waals surface area contributed by atoms with E-state index in [-0.39, 0.29) is 28.4 Å². The van der Waals surface area contributed by atoms with Gasteiger partial charge in [-0.2, -0.15) is 0 Å². The summed E-state index contributed by atoms with van der Waals surface area (Å²) in [6, 6.07) is 13.9. The van der Waals surface area contributed by atoms with Crippen LogP contribution < -0.4 is 10.1 Å². The van der Waals surface area contributed by atoms with Gasteiger partial charge in [-0.1, -0.05) is 24.3 Å². The minimum atomic E-state index is -0.896. The van der Waals surface area contributed by atoms with E-state index in [2.05, 4.69) is 5.32 Å². The van der Waals surface area contributed by atoms with Crippen molar-refractivity contribution in [2.75, 3.05) is 19.0 Å². The Bertz CT molecular complexity index is 1110. The Morgan fingerprint density at radius 2 is 1.79 bits per heavy atom. The van der Waals surface area contributed by atoms with Crippen molar-refractivity contribution in [1.29, 1.82) is 0 Å². The molecule has 0 atom stereocenters. The highest BCUT2D eigenvalue weighted by molar-refractivity contribution is 6.00. The van der Waals surface area contributed by atoms with Gasteiger partial charge in [-0.05, 0) is 35.0 Å². The molecule has 0 aliphatic rings. The zero-order chi connectivity index (χ0) is 21.0. The van der Waals surface area contributed by atoms with Gasteiger partial charge in [0.1, 0.15) is 22.7 Å². The van der Waals surface area contributed by atoms with Gasteiger partial charge in [-0.3, -0.25) is 14.9 Å². The number of amides is 1. The highest BCUT2D eigenvalue weighted by atomic mass is 16.6. The molecule has 0 aliphatic carbocycles. The molecule has 0 spiro atoms. The van der Waals surface area contributed by atoms with Crippen LogP contribution in [0.5, 0.6) is 11.5 Å². The fourth-order valence-electron chi connectivity index (χ4n) is 2.68. The highest BCUT2D eigenvalue weighted by Crippen LogP contribution is 2.29. The molecule has 2 N–H and O–H groups in total. The van der Waals surface area contributed by atoms with Crippen molar-refractivity contribution in [3.8, 4) is 11.5 Å². The van der Waals surface area contributed by atoms with Gasteiger partial charge in [0.2, 0.25) is 0 Å². The second-order valence-corrected chi connectivity index (χ2v) is 5.98. The third-order valence-corrected chi connectivity index (χ3v) is 4.09. The maximum Gasteiger partial charge on any atom is 0.342 e. The monoisotopic (exact) mass is 396 g/mol. The Balaban J connectivity index is 1.69. The standard InChI is InChI=1S/C20H16N2O7/c1-28-14-6-7-16(17(10-14)22(26)27)21-19(24)11-29-20(25)15-8-12-4-2-3-5-13(12)9-18(15)23/h2-10,23H,11H2,1H3,(H,21,24). The molecule has 3 rings (SSSR count). The van der Waals surface area contributed by atoms with E-state index in [1.165, 1.54) is 31.4 Å². The van der Waals surface area contributed by atoms with Crippen molar-refractivity contribution in [2.45, 2.75) is 0 Å². The van der Waals surface area contributed by atoms with Crippen LogP contribution in [0.15, 0.2) is 54.6 Å². The molecule has 1 amide bonds. The van der Waals surface area contributed by atoms with Gasteiger partial charge in [0, 0.05) is 0 Å². The maximum atomic E-state index is 12.2. The number of hydrogen-bond acceptors (Lipinski definition) is 7. The molecule has 0 fully saturated rings. The summed E-state index contributed by atoms with van der Waals surface area (Å²) >= 11 is 0. The van der Waals surface area contributed by atoms with E-state index in [0.717, 1.165) is 16.8 Å². The first-order valence-electron chi connectivity index (χ1n) is 8.40. The Morgan fingerprint density at radius 3 is 2.45 bits per heavy atom. The number of ether oxygens (including phenoxy) is 2. The van der Waals surface area contributed by atoms with Gasteiger partial charge < -0.3 is 19.9 Å². The molecule has 148 valence electrons. The lowest BCUT2D eigenvalue weighted by Crippen LogP contribution is -2.21. The average molecular weight is 396 g/mol. The number of fused-ring (bicyclic) bond motifs is 1. The molecule has 0 radical (unpaired) electrons. The van der Waals surface area contributed by atoms with Crippen LogP contribution in [0.3, 0.4) is 0 Å². The Morgan fingerprint density at radius 1 is 1.10 bits per heavy atom. The van der Waals surface area contributed by atoms with E-state index in [1.54, 1.807) is 24.3 Å². The zero-order valence-corrected chi connectivity index (χ0v) is 15.2. The number of hydrogen-bond donors (Lipinski definition) is 2. The van der Waals surface area contributed by atoms with Crippen LogP contribution in [-0.2, 0) is 9.53 Å². The zero-order valence-electron chi connectivity index (χ0n) is 15.2. The number of nitrogens with zero attached hydrogens (tertiary/aromatic N) is 1. The summed E-state index contributed by atoms with van der Waals surface area (Å²) in [5.74, 6) is -1.69. The number of methoxy groups -OCH3 is 1. The number of nitro benzene ring substituents is 1. The van der Waals surface area contributed by atoms with Crippen LogP contribution in [-0.4, -0.2) is 35.6 Å². The van der Waals surface area contributed by atoms with Gasteiger partial charge in [0.15, 0.2) is 6.61 Å². The van der Waals surface area contributed by atoms with Crippen LogP contribution in [0, 0.1) is 10.1 Å². The predicted molar refractivity (Wildman–Crippen MR) is 104 cm³/mol. The van der Waals surface area contributed by atoms with Crippen molar-refractivity contribution in [1.82, 2.24) is 0 Å². The van der Waals surface area contributed by atoms with E-state index in [4.69, 9.17) is 9.47 Å². The Kier molecular flexibility index (Phi) is 5.59. The molecule has 9 nitrogen and oxygen atoms in total. The Hall–Kier alpha value is -4.14. The van der Waals surface area contributed by atoms with Crippen LogP contribution >= 0.6 is 0 Å². The van der Waals surface area contributed by atoms with Gasteiger partial charge in [0.25, 0.3) is 11.6 Å². The number of esters is 1. The molecule has 0 saturated carbocycles. The predicted octanol–water partition coefficient (Wildman–Crippen LogP) is 3.26. The second-order valence-electron chi connectivity index (χ2n) is 5.98. The van der Waals surface area contributed by atoms with Crippen molar-refractivity contribution in [2.24, 2.45) is 0 Å². The molecule has 9 heteroatoms. The summed E-state index contributed by atoms with van der Waals surface area (Å²) in [6.07, 6.45) is 0. The first-order valence-corrected chi connectivity index (χ1v) is 8.40. The second kappa shape index (κ2) is 8.26. The quantitative estimate of drug-likeness (QED) is 0.372. The lowest BCUT2D eigenvalue weighted by Gasteiger charge is -2.09. The third-order valence-electron chi connectivity index (χ3n) is 4.09. The topological polar surface area (TPSA) is 128 Å². The number of nitro groups is 1. The van der Waals surface area contributed by atoms with Crippen molar-refractivity contribution in [3.05, 3.63) is 70.3 Å². The number of aromatic hydroxyl groups is 1. The van der Waals surface area contributed by atoms with Gasteiger partial charge in [-0.25, -0.2) is 4.79 Å². The Labute approximate surface area is 164 Å². The molecule has 0 saturated heterocycles. The van der Waals surface area contributed by atoms with E-state index < -0.39 is 23.4 Å². The van der Waals surface area contributed by atoms with Gasteiger partial charge in [-0.15, -0.1) is 0 Å². The minimum Gasteiger partial charge on any atom is -0.507 e. The van der Waals surface area contributed by atoms with Crippen molar-refractivity contribution < 1.29 is 29.1 Å². The smallest absolute Gasteiger partial charge is 0.342 e. The number of phenols is 1. The van der Waals surface area contributed by atoms with E-state index >= 15 is 0 Å². The molecule has 0 aromatic heterocycles. The normalized spacial score (nSPS) is 10.4. The number of benzene rings is 3. The summed E-state index contributed by atoms with van der Waals surface area (Å²) < 4.78 is 9.86. The number of carbonyl (C=O) groups excluding carboxylic acids is 2. The minimum absolute atomic E-state index is 0.0644. The number of phenolic OH excluding ortho intramolecular Hbond substituents is 1. The maximum absolute atomic E-state index is 12.2. The number of nitrogens with one attached hydrogen (secondary N) is 1.